The molecule has 0 rings (SSSR count). The molecule has 0 bridgehead atoms. The molecule has 0 atom stereocenters. The second kappa shape index (κ2) is 8.15. The predicted molar refractivity (Wildman–Crippen MR) is 48.1 cm³/mol. The van der Waals surface area contributed by atoms with E-state index in [0.29, 0.717) is 0 Å². The molecular weight excluding hydrogens is 181 g/mol. The summed E-state index contributed by atoms with van der Waals surface area (Å²) in [6.45, 7) is 6.92. The third-order valence-electron chi connectivity index (χ3n) is 0. The maximum atomic E-state index is 4.81. The van der Waals surface area contributed by atoms with Crippen LogP contribution in [0.5, 0.6) is 0 Å². The number of hydrogen-bond donors (Lipinski definition) is 0. The first-order chi connectivity index (χ1) is 3.46. The minimum absolute atomic E-state index is 0.139. The molecule has 0 fully saturated rings. The van der Waals surface area contributed by atoms with Gasteiger partial charge in [0.2, 0.25) is 0 Å². The fourth-order valence-electron chi connectivity index (χ4n) is 0. The zero-order valence-corrected chi connectivity index (χ0v) is 8.71. The van der Waals surface area contributed by atoms with Gasteiger partial charge < -0.3 is 0 Å². The van der Waals surface area contributed by atoms with Crippen molar-refractivity contribution >= 4 is 48.1 Å². The van der Waals surface area contributed by atoms with Gasteiger partial charge >= 0.3 is 4.96 Å². The molecule has 0 spiro atoms. The molecule has 0 aliphatic carbocycles. The minimum Gasteiger partial charge on any atom is -0.150 e. The molecule has 5 heteroatoms. The maximum absolute atomic E-state index is 4.81. The Balaban J connectivity index is 0. The van der Waals surface area contributed by atoms with Gasteiger partial charge in [0.1, 0.15) is 0 Å². The van der Waals surface area contributed by atoms with E-state index in [1.165, 1.54) is 0 Å². The van der Waals surface area contributed by atoms with E-state index in [-0.39, 0.29) is 8.80 Å². The van der Waals surface area contributed by atoms with Gasteiger partial charge in [-0.15, -0.1) is 0 Å². The molecule has 0 aromatic heterocycles. The molecule has 0 aromatic rings. The lowest BCUT2D eigenvalue weighted by Crippen LogP contribution is -1.84. The van der Waals surface area contributed by atoms with Gasteiger partial charge in [-0.25, -0.2) is 0 Å². The van der Waals surface area contributed by atoms with Crippen molar-refractivity contribution in [2.24, 2.45) is 0 Å². The van der Waals surface area contributed by atoms with Gasteiger partial charge in [0, 0.05) is 8.80 Å². The second-order valence-corrected chi connectivity index (χ2v) is 7.42. The molecule has 0 aliphatic heterocycles. The van der Waals surface area contributed by atoms with Crippen LogP contribution < -0.4 is 0 Å². The van der Waals surface area contributed by atoms with Crippen molar-refractivity contribution in [3.05, 3.63) is 0 Å². The van der Waals surface area contributed by atoms with E-state index in [2.05, 4.69) is 19.6 Å². The van der Waals surface area contributed by atoms with Gasteiger partial charge in [0.25, 0.3) is 0 Å². The van der Waals surface area contributed by atoms with E-state index in [1.807, 2.05) is 0 Å². The van der Waals surface area contributed by atoms with Crippen LogP contribution >= 0.6 is 34.4 Å². The Morgan fingerprint density at radius 2 is 1.00 bits per heavy atom. The summed E-state index contributed by atoms with van der Waals surface area (Å²) in [4.78, 5) is -0.750. The smallest absolute Gasteiger partial charge is 0.150 e. The Labute approximate surface area is 67.9 Å². The van der Waals surface area contributed by atoms with Crippen molar-refractivity contribution in [3.63, 3.8) is 0 Å². The summed E-state index contributed by atoms with van der Waals surface area (Å²) >= 11 is 14.4. The van der Waals surface area contributed by atoms with Gasteiger partial charge in [0.15, 0.2) is 0 Å². The van der Waals surface area contributed by atoms with E-state index in [0.717, 1.165) is 0 Å². The third kappa shape index (κ3) is 204. The molecule has 50 valence electrons. The first-order valence-corrected chi connectivity index (χ1v) is 7.16. The SMILES string of the molecule is C[SiH](C)C.ClB(Cl)Cl. The Morgan fingerprint density at radius 3 is 1.00 bits per heavy atom. The fourth-order valence-corrected chi connectivity index (χ4v) is 0. The van der Waals surface area contributed by atoms with Crippen molar-refractivity contribution in [2.45, 2.75) is 19.6 Å². The van der Waals surface area contributed by atoms with Gasteiger partial charge in [-0.05, 0) is 0 Å². The van der Waals surface area contributed by atoms with Crippen LogP contribution in [0.3, 0.4) is 0 Å². The minimum atomic E-state index is -0.750. The maximum Gasteiger partial charge on any atom is 0.450 e. The van der Waals surface area contributed by atoms with Crippen LogP contribution in [0.1, 0.15) is 0 Å². The quantitative estimate of drug-likeness (QED) is 0.517. The topological polar surface area (TPSA) is 0 Å². The average molecular weight is 191 g/mol. The fraction of sp³-hybridized carbons (Fsp3) is 1.00. The van der Waals surface area contributed by atoms with Gasteiger partial charge in [0.05, 0.1) is 0 Å². The lowest BCUT2D eigenvalue weighted by atomic mass is 10.7. The largest absolute Gasteiger partial charge is 0.450 e. The van der Waals surface area contributed by atoms with Crippen molar-refractivity contribution in [3.8, 4) is 0 Å². The summed E-state index contributed by atoms with van der Waals surface area (Å²) in [6, 6.07) is 0. The van der Waals surface area contributed by atoms with Crippen LogP contribution in [-0.4, -0.2) is 13.8 Å². The summed E-state index contributed by atoms with van der Waals surface area (Å²) in [5, 5.41) is 0. The zero-order chi connectivity index (χ0) is 7.15. The van der Waals surface area contributed by atoms with Crippen LogP contribution in [0.25, 0.3) is 0 Å². The summed E-state index contributed by atoms with van der Waals surface area (Å²) in [5.74, 6) is 0. The summed E-state index contributed by atoms with van der Waals surface area (Å²) in [5.41, 5.74) is 0. The Bertz CT molecular complexity index is 30.0. The molecule has 8 heavy (non-hydrogen) atoms. The number of rotatable bonds is 0. The Kier molecular flexibility index (Phi) is 12.1. The highest BCUT2D eigenvalue weighted by Crippen LogP contribution is 1.97. The van der Waals surface area contributed by atoms with E-state index in [9.17, 15) is 0 Å². The lowest BCUT2D eigenvalue weighted by Gasteiger charge is -1.75. The third-order valence-corrected chi connectivity index (χ3v) is 0. The number of hydrogen-bond acceptors (Lipinski definition) is 0. The Morgan fingerprint density at radius 1 is 1.00 bits per heavy atom. The van der Waals surface area contributed by atoms with E-state index in [4.69, 9.17) is 34.4 Å². The van der Waals surface area contributed by atoms with Crippen LogP contribution in [0.15, 0.2) is 0 Å². The first kappa shape index (κ1) is 11.9. The normalized spacial score (nSPS) is 7.88. The van der Waals surface area contributed by atoms with Crippen molar-refractivity contribution in [1.82, 2.24) is 0 Å². The van der Waals surface area contributed by atoms with Gasteiger partial charge in [-0.1, -0.05) is 19.6 Å². The highest BCUT2D eigenvalue weighted by atomic mass is 35.6. The van der Waals surface area contributed by atoms with E-state index in [1.54, 1.807) is 0 Å². The molecule has 0 N–H and O–H groups in total. The summed E-state index contributed by atoms with van der Waals surface area (Å²) < 4.78 is 0. The standard InChI is InChI=1S/C3H10Si.BCl3/c1-4(2)3;2-1(3)4/h4H,1-3H3;. The van der Waals surface area contributed by atoms with Crippen LogP contribution in [0.4, 0.5) is 0 Å². The molecule has 0 saturated heterocycles. The molecule has 0 heterocycles. The van der Waals surface area contributed by atoms with Crippen molar-refractivity contribution in [2.75, 3.05) is 0 Å². The molecule has 0 unspecified atom stereocenters. The Hall–Kier alpha value is 1.15. The summed E-state index contributed by atoms with van der Waals surface area (Å²) in [6.07, 6.45) is 0. The monoisotopic (exact) mass is 190 g/mol. The van der Waals surface area contributed by atoms with Crippen LogP contribution in [0, 0.1) is 0 Å². The van der Waals surface area contributed by atoms with Crippen molar-refractivity contribution < 1.29 is 0 Å². The highest BCUT2D eigenvalue weighted by Gasteiger charge is 1.91. The van der Waals surface area contributed by atoms with Gasteiger partial charge in [-0.2, -0.15) is 34.4 Å². The number of halogens is 3. The van der Waals surface area contributed by atoms with E-state index < -0.39 is 4.96 Å². The second-order valence-electron chi connectivity index (χ2n) is 1.98. The van der Waals surface area contributed by atoms with Crippen LogP contribution in [0.2, 0.25) is 19.6 Å². The van der Waals surface area contributed by atoms with E-state index >= 15 is 0 Å². The molecule has 0 amide bonds. The predicted octanol–water partition coefficient (Wildman–Crippen LogP) is 2.79. The van der Waals surface area contributed by atoms with Gasteiger partial charge in [-0.3, -0.25) is 0 Å². The molecular formula is C3H10BCl3Si. The molecule has 0 radical (unpaired) electrons. The summed E-state index contributed by atoms with van der Waals surface area (Å²) in [7, 11) is -0.139. The van der Waals surface area contributed by atoms with Crippen LogP contribution in [-0.2, 0) is 0 Å². The molecule has 0 aromatic carbocycles. The first-order valence-electron chi connectivity index (χ1n) is 2.39. The highest BCUT2D eigenvalue weighted by molar-refractivity contribution is 7.54. The molecule has 0 nitrogen and oxygen atoms in total. The lowest BCUT2D eigenvalue weighted by molar-refractivity contribution is 1.91. The van der Waals surface area contributed by atoms with Crippen molar-refractivity contribution in [1.29, 1.82) is 0 Å². The average Bonchev–Trinajstić information content (AvgIpc) is 1.25. The molecule has 0 aliphatic rings. The molecule has 0 saturated carbocycles. The zero-order valence-electron chi connectivity index (χ0n) is 5.29.